The van der Waals surface area contributed by atoms with Gasteiger partial charge in [0.2, 0.25) is 0 Å². The van der Waals surface area contributed by atoms with Crippen molar-refractivity contribution in [3.05, 3.63) is 29.8 Å². The third-order valence-electron chi connectivity index (χ3n) is 6.19. The molecule has 4 saturated carbocycles. The molecule has 0 atom stereocenters. The average molecular weight is 328 g/mol. The van der Waals surface area contributed by atoms with Gasteiger partial charge in [0.15, 0.2) is 0 Å². The summed E-state index contributed by atoms with van der Waals surface area (Å²) in [6.07, 6.45) is 8.26. The van der Waals surface area contributed by atoms with Gasteiger partial charge in [0.25, 0.3) is 0 Å². The lowest BCUT2D eigenvalue weighted by Gasteiger charge is -2.57. The quantitative estimate of drug-likeness (QED) is 0.662. The van der Waals surface area contributed by atoms with Gasteiger partial charge in [-0.3, -0.25) is 14.4 Å². The Morgan fingerprint density at radius 3 is 2.00 bits per heavy atom. The van der Waals surface area contributed by atoms with Crippen molar-refractivity contribution >= 4 is 17.5 Å². The van der Waals surface area contributed by atoms with Crippen molar-refractivity contribution in [2.75, 3.05) is 12.4 Å². The van der Waals surface area contributed by atoms with E-state index in [1.165, 1.54) is 51.2 Å². The molecule has 1 aromatic rings. The Bertz CT molecular complexity index is 618. The summed E-state index contributed by atoms with van der Waals surface area (Å²) in [5.41, 5.74) is 4.41. The molecule has 5 heteroatoms. The summed E-state index contributed by atoms with van der Waals surface area (Å²) < 4.78 is 0. The largest absolute Gasteiger partial charge is 0.333 e. The zero-order valence-electron chi connectivity index (χ0n) is 14.0. The molecule has 2 amide bonds. The van der Waals surface area contributed by atoms with Crippen LogP contribution in [0.25, 0.3) is 0 Å². The molecule has 0 aliphatic heterocycles. The summed E-state index contributed by atoms with van der Waals surface area (Å²) in [6, 6.07) is 8.09. The minimum atomic E-state index is -0.803. The molecule has 1 aromatic carbocycles. The molecular formula is C19H24N2O3. The van der Waals surface area contributed by atoms with Crippen molar-refractivity contribution in [3.8, 4) is 0 Å². The van der Waals surface area contributed by atoms with E-state index in [4.69, 9.17) is 0 Å². The van der Waals surface area contributed by atoms with Gasteiger partial charge in [-0.05, 0) is 79.4 Å². The van der Waals surface area contributed by atoms with Crippen LogP contribution in [0.2, 0.25) is 0 Å². The molecule has 24 heavy (non-hydrogen) atoms. The Labute approximate surface area is 142 Å². The van der Waals surface area contributed by atoms with Crippen molar-refractivity contribution in [1.29, 1.82) is 0 Å². The number of anilines is 1. The highest BCUT2D eigenvalue weighted by Gasteiger charge is 2.51. The number of hydrogen-bond acceptors (Lipinski definition) is 3. The van der Waals surface area contributed by atoms with Gasteiger partial charge in [-0.2, -0.15) is 0 Å². The fraction of sp³-hybridized carbons (Fsp3) is 0.579. The number of carbonyl (C=O) groups is 2. The first kappa shape index (κ1) is 15.6. The number of hydrogen-bond donors (Lipinski definition) is 2. The van der Waals surface area contributed by atoms with E-state index in [1.807, 2.05) is 17.6 Å². The molecule has 128 valence electrons. The van der Waals surface area contributed by atoms with Crippen molar-refractivity contribution in [2.24, 2.45) is 17.8 Å². The summed E-state index contributed by atoms with van der Waals surface area (Å²) in [4.78, 5) is 27.6. The summed E-state index contributed by atoms with van der Waals surface area (Å²) in [6.45, 7) is 0. The molecule has 0 saturated heterocycles. The molecule has 4 bridgehead atoms. The standard InChI is InChI=1S/C19H24N2O3/c1-24-21-18(23)17(22)20-16-4-2-15(3-5-16)19-9-12-6-13(10-19)8-14(7-12)11-19/h2-5,12-14H,6-11H2,1H3,(H,20,22)(H,21,23). The highest BCUT2D eigenvalue weighted by Crippen LogP contribution is 2.60. The molecule has 0 radical (unpaired) electrons. The Kier molecular flexibility index (Phi) is 3.83. The lowest BCUT2D eigenvalue weighted by Crippen LogP contribution is -2.48. The van der Waals surface area contributed by atoms with Gasteiger partial charge in [0, 0.05) is 5.69 Å². The van der Waals surface area contributed by atoms with Gasteiger partial charge in [-0.1, -0.05) is 12.1 Å². The Morgan fingerprint density at radius 2 is 1.50 bits per heavy atom. The molecule has 4 aliphatic rings. The number of nitrogens with one attached hydrogen (secondary N) is 2. The molecule has 2 N–H and O–H groups in total. The topological polar surface area (TPSA) is 67.4 Å². The second-order valence-corrected chi connectivity index (χ2v) is 7.86. The molecule has 0 aromatic heterocycles. The minimum absolute atomic E-state index is 0.352. The Hall–Kier alpha value is -1.88. The zero-order chi connectivity index (χ0) is 16.7. The average Bonchev–Trinajstić information content (AvgIpc) is 2.54. The smallest absolute Gasteiger partial charge is 0.318 e. The van der Waals surface area contributed by atoms with Crippen LogP contribution < -0.4 is 10.8 Å². The van der Waals surface area contributed by atoms with E-state index in [0.29, 0.717) is 11.1 Å². The zero-order valence-corrected chi connectivity index (χ0v) is 14.0. The van der Waals surface area contributed by atoms with E-state index in [9.17, 15) is 9.59 Å². The van der Waals surface area contributed by atoms with Gasteiger partial charge < -0.3 is 5.32 Å². The predicted octanol–water partition coefficient (Wildman–Crippen LogP) is 2.77. The molecule has 0 heterocycles. The van der Waals surface area contributed by atoms with Crippen molar-refractivity contribution < 1.29 is 14.4 Å². The third-order valence-corrected chi connectivity index (χ3v) is 6.19. The van der Waals surface area contributed by atoms with Gasteiger partial charge in [-0.15, -0.1) is 0 Å². The van der Waals surface area contributed by atoms with E-state index in [2.05, 4.69) is 22.3 Å². The van der Waals surface area contributed by atoms with Gasteiger partial charge in [0.1, 0.15) is 0 Å². The van der Waals surface area contributed by atoms with Crippen LogP contribution in [-0.2, 0) is 19.8 Å². The van der Waals surface area contributed by atoms with Gasteiger partial charge in [-0.25, -0.2) is 5.48 Å². The van der Waals surface area contributed by atoms with E-state index in [-0.39, 0.29) is 0 Å². The lowest BCUT2D eigenvalue weighted by atomic mass is 9.48. The molecule has 4 aliphatic carbocycles. The van der Waals surface area contributed by atoms with E-state index < -0.39 is 11.8 Å². The van der Waals surface area contributed by atoms with Crippen molar-refractivity contribution in [1.82, 2.24) is 5.48 Å². The summed E-state index contributed by atoms with van der Waals surface area (Å²) in [5.74, 6) is 1.21. The van der Waals surface area contributed by atoms with Gasteiger partial charge >= 0.3 is 11.8 Å². The fourth-order valence-corrected chi connectivity index (χ4v) is 5.70. The van der Waals surface area contributed by atoms with Crippen LogP contribution in [0.4, 0.5) is 5.69 Å². The molecule has 0 unspecified atom stereocenters. The molecule has 5 nitrogen and oxygen atoms in total. The number of hydroxylamine groups is 1. The van der Waals surface area contributed by atoms with Crippen LogP contribution in [0.1, 0.15) is 44.1 Å². The first-order valence-electron chi connectivity index (χ1n) is 8.83. The normalized spacial score (nSPS) is 33.3. The number of rotatable bonds is 3. The summed E-state index contributed by atoms with van der Waals surface area (Å²) >= 11 is 0. The number of benzene rings is 1. The Balaban J connectivity index is 1.48. The van der Waals surface area contributed by atoms with Crippen LogP contribution in [0.15, 0.2) is 24.3 Å². The molecular weight excluding hydrogens is 304 g/mol. The van der Waals surface area contributed by atoms with E-state index in [0.717, 1.165) is 17.8 Å². The van der Waals surface area contributed by atoms with Crippen LogP contribution in [0.5, 0.6) is 0 Å². The van der Waals surface area contributed by atoms with Crippen molar-refractivity contribution in [3.63, 3.8) is 0 Å². The second kappa shape index (κ2) is 5.88. The first-order chi connectivity index (χ1) is 11.6. The molecule has 0 spiro atoms. The second-order valence-electron chi connectivity index (χ2n) is 7.86. The molecule has 5 rings (SSSR count). The predicted molar refractivity (Wildman–Crippen MR) is 90.1 cm³/mol. The van der Waals surface area contributed by atoms with E-state index >= 15 is 0 Å². The number of amides is 2. The monoisotopic (exact) mass is 328 g/mol. The summed E-state index contributed by atoms with van der Waals surface area (Å²) in [7, 11) is 1.30. The molecule has 4 fully saturated rings. The van der Waals surface area contributed by atoms with Crippen LogP contribution >= 0.6 is 0 Å². The van der Waals surface area contributed by atoms with Crippen LogP contribution in [0, 0.1) is 17.8 Å². The maximum absolute atomic E-state index is 11.7. The third kappa shape index (κ3) is 2.71. The SMILES string of the molecule is CONC(=O)C(=O)Nc1ccc(C23CC4CC(CC(C4)C2)C3)cc1. The Morgan fingerprint density at radius 1 is 0.958 bits per heavy atom. The van der Waals surface area contributed by atoms with Crippen LogP contribution in [0.3, 0.4) is 0 Å². The highest BCUT2D eigenvalue weighted by molar-refractivity contribution is 6.39. The van der Waals surface area contributed by atoms with Crippen molar-refractivity contribution in [2.45, 2.75) is 43.9 Å². The fourth-order valence-electron chi connectivity index (χ4n) is 5.70. The highest BCUT2D eigenvalue weighted by atomic mass is 16.6. The van der Waals surface area contributed by atoms with Crippen LogP contribution in [-0.4, -0.2) is 18.9 Å². The number of carbonyl (C=O) groups excluding carboxylic acids is 2. The maximum Gasteiger partial charge on any atom is 0.333 e. The van der Waals surface area contributed by atoms with Gasteiger partial charge in [0.05, 0.1) is 7.11 Å². The maximum atomic E-state index is 11.7. The van der Waals surface area contributed by atoms with E-state index in [1.54, 1.807) is 0 Å². The first-order valence-corrected chi connectivity index (χ1v) is 8.83. The summed E-state index contributed by atoms with van der Waals surface area (Å²) in [5, 5.41) is 2.60. The minimum Gasteiger partial charge on any atom is -0.318 e. The lowest BCUT2D eigenvalue weighted by molar-refractivity contribution is -0.142.